The van der Waals surface area contributed by atoms with Gasteiger partial charge < -0.3 is 10.6 Å². The summed E-state index contributed by atoms with van der Waals surface area (Å²) in [5.41, 5.74) is 1.00. The zero-order valence-electron chi connectivity index (χ0n) is 18.4. The number of nitrogens with one attached hydrogen (secondary N) is 2. The minimum atomic E-state index is -1.30. The second-order valence-corrected chi connectivity index (χ2v) is 9.03. The number of rotatable bonds is 7. The number of imide groups is 1. The van der Waals surface area contributed by atoms with Gasteiger partial charge in [-0.05, 0) is 35.7 Å². The molecule has 0 bridgehead atoms. The Morgan fingerprint density at radius 3 is 2.26 bits per heavy atom. The van der Waals surface area contributed by atoms with E-state index in [0.717, 1.165) is 16.0 Å². The third-order valence-corrected chi connectivity index (χ3v) is 6.62. The Morgan fingerprint density at radius 2 is 1.62 bits per heavy atom. The SMILES string of the molecule is CC(NC(=O)CN1C(=O)NC(Cc2ccccc2)(c2ccccc2)C1=O)c1ccc(Cl)c(Cl)c1. The summed E-state index contributed by atoms with van der Waals surface area (Å²) in [6, 6.07) is 22.6. The van der Waals surface area contributed by atoms with Crippen molar-refractivity contribution in [3.63, 3.8) is 0 Å². The van der Waals surface area contributed by atoms with Crippen molar-refractivity contribution in [1.82, 2.24) is 15.5 Å². The number of halogens is 2. The molecule has 4 amide bonds. The minimum absolute atomic E-state index is 0.264. The van der Waals surface area contributed by atoms with Gasteiger partial charge in [-0.2, -0.15) is 0 Å². The van der Waals surface area contributed by atoms with Crippen molar-refractivity contribution >= 4 is 41.0 Å². The molecule has 1 fully saturated rings. The molecule has 2 unspecified atom stereocenters. The van der Waals surface area contributed by atoms with E-state index in [1.165, 1.54) is 0 Å². The average Bonchev–Trinajstić information content (AvgIpc) is 3.07. The van der Waals surface area contributed by atoms with Gasteiger partial charge in [0.2, 0.25) is 5.91 Å². The molecule has 0 saturated carbocycles. The molecule has 1 aliphatic rings. The molecule has 174 valence electrons. The van der Waals surface area contributed by atoms with Crippen LogP contribution in [0.3, 0.4) is 0 Å². The van der Waals surface area contributed by atoms with Crippen LogP contribution >= 0.6 is 23.2 Å². The zero-order chi connectivity index (χ0) is 24.3. The van der Waals surface area contributed by atoms with Crippen molar-refractivity contribution in [3.8, 4) is 0 Å². The smallest absolute Gasteiger partial charge is 0.325 e. The molecule has 8 heteroatoms. The molecule has 0 spiro atoms. The van der Waals surface area contributed by atoms with E-state index in [2.05, 4.69) is 10.6 Å². The number of nitrogens with zero attached hydrogens (tertiary/aromatic N) is 1. The molecule has 1 heterocycles. The minimum Gasteiger partial charge on any atom is -0.348 e. The topological polar surface area (TPSA) is 78.5 Å². The van der Waals surface area contributed by atoms with Crippen LogP contribution in [0.1, 0.15) is 29.7 Å². The van der Waals surface area contributed by atoms with Gasteiger partial charge in [0, 0.05) is 6.42 Å². The largest absolute Gasteiger partial charge is 0.348 e. The molecule has 34 heavy (non-hydrogen) atoms. The molecule has 4 rings (SSSR count). The highest BCUT2D eigenvalue weighted by Crippen LogP contribution is 2.33. The lowest BCUT2D eigenvalue weighted by Gasteiger charge is -2.27. The van der Waals surface area contributed by atoms with Crippen LogP contribution in [0.4, 0.5) is 4.79 Å². The molecule has 3 aromatic rings. The first-order valence-corrected chi connectivity index (χ1v) is 11.5. The maximum Gasteiger partial charge on any atom is 0.325 e. The van der Waals surface area contributed by atoms with Gasteiger partial charge in [0.15, 0.2) is 5.54 Å². The Morgan fingerprint density at radius 1 is 0.971 bits per heavy atom. The van der Waals surface area contributed by atoms with Crippen molar-refractivity contribution in [1.29, 1.82) is 0 Å². The second-order valence-electron chi connectivity index (χ2n) is 8.22. The van der Waals surface area contributed by atoms with Crippen LogP contribution in [-0.4, -0.2) is 29.3 Å². The highest BCUT2D eigenvalue weighted by Gasteiger charge is 2.52. The number of carbonyl (C=O) groups excluding carboxylic acids is 3. The third kappa shape index (κ3) is 4.79. The van der Waals surface area contributed by atoms with E-state index >= 15 is 0 Å². The average molecular weight is 496 g/mol. The summed E-state index contributed by atoms with van der Waals surface area (Å²) in [7, 11) is 0. The maximum atomic E-state index is 13.6. The van der Waals surface area contributed by atoms with Crippen LogP contribution in [0.2, 0.25) is 10.0 Å². The Balaban J connectivity index is 1.55. The van der Waals surface area contributed by atoms with Crippen molar-refractivity contribution in [2.24, 2.45) is 0 Å². The number of carbonyl (C=O) groups is 3. The Labute approximate surface area is 207 Å². The van der Waals surface area contributed by atoms with E-state index in [4.69, 9.17) is 23.2 Å². The van der Waals surface area contributed by atoms with E-state index in [0.29, 0.717) is 15.6 Å². The lowest BCUT2D eigenvalue weighted by atomic mass is 9.83. The summed E-state index contributed by atoms with van der Waals surface area (Å²) in [6.45, 7) is 1.38. The molecule has 1 aliphatic heterocycles. The fraction of sp³-hybridized carbons (Fsp3) is 0.192. The van der Waals surface area contributed by atoms with Crippen molar-refractivity contribution in [2.75, 3.05) is 6.54 Å². The molecule has 0 aliphatic carbocycles. The van der Waals surface area contributed by atoms with Gasteiger partial charge in [-0.1, -0.05) is 89.9 Å². The molecule has 6 nitrogen and oxygen atoms in total. The Bertz CT molecular complexity index is 1220. The van der Waals surface area contributed by atoms with E-state index in [-0.39, 0.29) is 6.42 Å². The summed E-state index contributed by atoms with van der Waals surface area (Å²) in [5.74, 6) is -0.935. The van der Waals surface area contributed by atoms with Crippen LogP contribution in [-0.2, 0) is 21.5 Å². The van der Waals surface area contributed by atoms with E-state index in [1.807, 2.05) is 48.5 Å². The van der Waals surface area contributed by atoms with E-state index < -0.39 is 36.0 Å². The lowest BCUT2D eigenvalue weighted by Crippen LogP contribution is -2.47. The van der Waals surface area contributed by atoms with Gasteiger partial charge in [-0.15, -0.1) is 0 Å². The predicted octanol–water partition coefficient (Wildman–Crippen LogP) is 4.86. The summed E-state index contributed by atoms with van der Waals surface area (Å²) in [5, 5.41) is 6.47. The number of amides is 4. The monoisotopic (exact) mass is 495 g/mol. The number of hydrogen-bond acceptors (Lipinski definition) is 3. The van der Waals surface area contributed by atoms with Crippen LogP contribution in [0.15, 0.2) is 78.9 Å². The van der Waals surface area contributed by atoms with E-state index in [1.54, 1.807) is 37.3 Å². The van der Waals surface area contributed by atoms with E-state index in [9.17, 15) is 14.4 Å². The molecule has 0 radical (unpaired) electrons. The van der Waals surface area contributed by atoms with Gasteiger partial charge >= 0.3 is 6.03 Å². The van der Waals surface area contributed by atoms with Crippen molar-refractivity contribution in [2.45, 2.75) is 24.9 Å². The molecule has 1 saturated heterocycles. The number of benzene rings is 3. The highest BCUT2D eigenvalue weighted by molar-refractivity contribution is 6.42. The first-order valence-electron chi connectivity index (χ1n) is 10.8. The van der Waals surface area contributed by atoms with Crippen LogP contribution in [0, 0.1) is 0 Å². The summed E-state index contributed by atoms with van der Waals surface area (Å²) >= 11 is 12.0. The molecule has 2 atom stereocenters. The van der Waals surface area contributed by atoms with Crippen molar-refractivity contribution < 1.29 is 14.4 Å². The molecule has 3 aromatic carbocycles. The van der Waals surface area contributed by atoms with Crippen molar-refractivity contribution in [3.05, 3.63) is 106 Å². The van der Waals surface area contributed by atoms with Crippen LogP contribution in [0.25, 0.3) is 0 Å². The zero-order valence-corrected chi connectivity index (χ0v) is 19.9. The second kappa shape index (κ2) is 9.87. The van der Waals surface area contributed by atoms with Gasteiger partial charge in [0.1, 0.15) is 6.54 Å². The molecular weight excluding hydrogens is 473 g/mol. The standard InChI is InChI=1S/C26H23Cl2N3O3/c1-17(19-12-13-21(27)22(28)14-19)29-23(32)16-31-24(33)26(30-25(31)34,20-10-6-3-7-11-20)15-18-8-4-2-5-9-18/h2-14,17H,15-16H2,1H3,(H,29,32)(H,30,34). The summed E-state index contributed by atoms with van der Waals surface area (Å²) in [6.07, 6.45) is 0.264. The van der Waals surface area contributed by atoms with Crippen LogP contribution in [0.5, 0.6) is 0 Å². The first kappa shape index (κ1) is 23.8. The third-order valence-electron chi connectivity index (χ3n) is 5.88. The van der Waals surface area contributed by atoms with Gasteiger partial charge in [0.25, 0.3) is 5.91 Å². The highest BCUT2D eigenvalue weighted by atomic mass is 35.5. The lowest BCUT2D eigenvalue weighted by molar-refractivity contribution is -0.135. The fourth-order valence-corrected chi connectivity index (χ4v) is 4.41. The Hall–Kier alpha value is -3.35. The molecule has 0 aromatic heterocycles. The van der Waals surface area contributed by atoms with Gasteiger partial charge in [-0.25, -0.2) is 4.79 Å². The van der Waals surface area contributed by atoms with Crippen LogP contribution < -0.4 is 10.6 Å². The summed E-state index contributed by atoms with van der Waals surface area (Å²) in [4.78, 5) is 40.3. The quantitative estimate of drug-likeness (QED) is 0.459. The predicted molar refractivity (Wildman–Crippen MR) is 132 cm³/mol. The normalized spacial score (nSPS) is 18.5. The van der Waals surface area contributed by atoms with Gasteiger partial charge in [0.05, 0.1) is 16.1 Å². The fourth-order valence-electron chi connectivity index (χ4n) is 4.11. The number of urea groups is 1. The van der Waals surface area contributed by atoms with Gasteiger partial charge in [-0.3, -0.25) is 14.5 Å². The summed E-state index contributed by atoms with van der Waals surface area (Å²) < 4.78 is 0. The maximum absolute atomic E-state index is 13.6. The molecular formula is C26H23Cl2N3O3. The number of hydrogen-bond donors (Lipinski definition) is 2. The molecule has 2 N–H and O–H groups in total. The first-order chi connectivity index (χ1) is 16.3. The Kier molecular flexibility index (Phi) is 6.91.